The summed E-state index contributed by atoms with van der Waals surface area (Å²) in [5.74, 6) is 0.229. The van der Waals surface area contributed by atoms with E-state index < -0.39 is 18.1 Å². The first kappa shape index (κ1) is 13.0. The summed E-state index contributed by atoms with van der Waals surface area (Å²) < 4.78 is 5.07. The number of aliphatic hydroxyl groups is 1. The fourth-order valence-electron chi connectivity index (χ4n) is 2.05. The van der Waals surface area contributed by atoms with Crippen molar-refractivity contribution in [1.29, 1.82) is 0 Å². The first-order valence-corrected chi connectivity index (χ1v) is 5.94. The molecule has 1 fully saturated rings. The van der Waals surface area contributed by atoms with Crippen LogP contribution in [-0.4, -0.2) is 49.9 Å². The molecule has 0 amide bonds. The second-order valence-corrected chi connectivity index (χ2v) is 4.87. The van der Waals surface area contributed by atoms with Crippen molar-refractivity contribution in [2.45, 2.75) is 44.9 Å². The van der Waals surface area contributed by atoms with Gasteiger partial charge in [0.15, 0.2) is 5.82 Å². The van der Waals surface area contributed by atoms with Crippen molar-refractivity contribution < 1.29 is 19.5 Å². The van der Waals surface area contributed by atoms with E-state index in [1.165, 1.54) is 0 Å². The minimum atomic E-state index is -0.935. The van der Waals surface area contributed by atoms with Crippen LogP contribution in [0.4, 0.5) is 0 Å². The highest BCUT2D eigenvalue weighted by atomic mass is 16.5. The van der Waals surface area contributed by atoms with Gasteiger partial charge in [-0.05, 0) is 0 Å². The topological polar surface area (TPSA) is 99.7 Å². The number of carboxylic acids is 1. The van der Waals surface area contributed by atoms with Crippen molar-refractivity contribution in [2.75, 3.05) is 6.54 Å². The molecule has 0 bridgehead atoms. The Balaban J connectivity index is 2.05. The summed E-state index contributed by atoms with van der Waals surface area (Å²) in [5.41, 5.74) is 0. The molecule has 18 heavy (non-hydrogen) atoms. The lowest BCUT2D eigenvalue weighted by Crippen LogP contribution is -2.35. The minimum Gasteiger partial charge on any atom is -0.480 e. The predicted molar refractivity (Wildman–Crippen MR) is 60.8 cm³/mol. The monoisotopic (exact) mass is 255 g/mol. The number of carboxylic acid groups (broad SMARTS) is 1. The van der Waals surface area contributed by atoms with Gasteiger partial charge in [0, 0.05) is 18.9 Å². The van der Waals surface area contributed by atoms with Crippen LogP contribution in [0.1, 0.15) is 37.9 Å². The Hall–Kier alpha value is -1.47. The van der Waals surface area contributed by atoms with E-state index in [9.17, 15) is 9.90 Å². The Bertz CT molecular complexity index is 432. The molecule has 2 rings (SSSR count). The molecule has 1 aromatic heterocycles. The lowest BCUT2D eigenvalue weighted by molar-refractivity contribution is -0.142. The molecule has 0 aliphatic carbocycles. The van der Waals surface area contributed by atoms with Crippen LogP contribution in [0.25, 0.3) is 0 Å². The Kier molecular flexibility index (Phi) is 3.63. The van der Waals surface area contributed by atoms with Crippen LogP contribution in [0.3, 0.4) is 0 Å². The molecule has 1 aromatic rings. The van der Waals surface area contributed by atoms with E-state index in [1.54, 1.807) is 4.90 Å². The number of hydrogen-bond acceptors (Lipinski definition) is 6. The maximum atomic E-state index is 11.0. The van der Waals surface area contributed by atoms with Crippen LogP contribution in [0.5, 0.6) is 0 Å². The zero-order valence-corrected chi connectivity index (χ0v) is 10.4. The number of aliphatic hydroxyl groups excluding tert-OH is 1. The first-order chi connectivity index (χ1) is 8.47. The van der Waals surface area contributed by atoms with E-state index in [4.69, 9.17) is 9.63 Å². The summed E-state index contributed by atoms with van der Waals surface area (Å²) in [4.78, 5) is 16.9. The Morgan fingerprint density at radius 3 is 2.89 bits per heavy atom. The molecule has 100 valence electrons. The number of nitrogens with zero attached hydrogens (tertiary/aromatic N) is 3. The van der Waals surface area contributed by atoms with Gasteiger partial charge in [-0.2, -0.15) is 4.98 Å². The number of carbonyl (C=O) groups is 1. The molecule has 1 aliphatic rings. The van der Waals surface area contributed by atoms with Crippen molar-refractivity contribution >= 4 is 5.97 Å². The standard InChI is InChI=1S/C11H17N3O4/c1-6(2)10-12-9(18-13-10)5-14-4-7(15)3-8(14)11(16)17/h6-8,15H,3-5H2,1-2H3,(H,16,17). The molecule has 0 spiro atoms. The van der Waals surface area contributed by atoms with Crippen LogP contribution in [-0.2, 0) is 11.3 Å². The van der Waals surface area contributed by atoms with Crippen molar-refractivity contribution in [2.24, 2.45) is 0 Å². The van der Waals surface area contributed by atoms with Gasteiger partial charge in [-0.15, -0.1) is 0 Å². The molecule has 0 aromatic carbocycles. The number of aromatic nitrogens is 2. The SMILES string of the molecule is CC(C)c1noc(CN2CC(O)CC2C(=O)O)n1. The summed E-state index contributed by atoms with van der Waals surface area (Å²) in [6, 6.07) is -0.686. The molecule has 7 nitrogen and oxygen atoms in total. The lowest BCUT2D eigenvalue weighted by atomic mass is 10.2. The third-order valence-corrected chi connectivity index (χ3v) is 3.00. The Morgan fingerprint density at radius 1 is 1.61 bits per heavy atom. The summed E-state index contributed by atoms with van der Waals surface area (Å²) in [6.07, 6.45) is -0.376. The van der Waals surface area contributed by atoms with Crippen molar-refractivity contribution in [3.63, 3.8) is 0 Å². The highest BCUT2D eigenvalue weighted by Gasteiger charge is 2.36. The zero-order valence-electron chi connectivity index (χ0n) is 10.4. The summed E-state index contributed by atoms with van der Waals surface area (Å²) in [6.45, 7) is 4.48. The normalized spacial score (nSPS) is 24.9. The second kappa shape index (κ2) is 5.03. The predicted octanol–water partition coefficient (Wildman–Crippen LogP) is 0.213. The van der Waals surface area contributed by atoms with Gasteiger partial charge < -0.3 is 14.7 Å². The Morgan fingerprint density at radius 2 is 2.33 bits per heavy atom. The second-order valence-electron chi connectivity index (χ2n) is 4.87. The van der Waals surface area contributed by atoms with Gasteiger partial charge in [-0.1, -0.05) is 19.0 Å². The van der Waals surface area contributed by atoms with E-state index in [-0.39, 0.29) is 18.9 Å². The van der Waals surface area contributed by atoms with Crippen molar-refractivity contribution in [1.82, 2.24) is 15.0 Å². The third-order valence-electron chi connectivity index (χ3n) is 3.00. The molecule has 2 atom stereocenters. The largest absolute Gasteiger partial charge is 0.480 e. The zero-order chi connectivity index (χ0) is 13.3. The smallest absolute Gasteiger partial charge is 0.321 e. The quantitative estimate of drug-likeness (QED) is 0.793. The van der Waals surface area contributed by atoms with Crippen LogP contribution in [0.2, 0.25) is 0 Å². The fourth-order valence-corrected chi connectivity index (χ4v) is 2.05. The molecule has 1 aliphatic heterocycles. The number of aliphatic carboxylic acids is 1. The molecule has 2 N–H and O–H groups in total. The molecule has 2 unspecified atom stereocenters. The molecule has 1 saturated heterocycles. The average molecular weight is 255 g/mol. The number of hydrogen-bond donors (Lipinski definition) is 2. The highest BCUT2D eigenvalue weighted by Crippen LogP contribution is 2.21. The summed E-state index contributed by atoms with van der Waals surface area (Å²) >= 11 is 0. The van der Waals surface area contributed by atoms with Gasteiger partial charge >= 0.3 is 5.97 Å². The van der Waals surface area contributed by atoms with E-state index in [0.717, 1.165) is 0 Å². The number of likely N-dealkylation sites (tertiary alicyclic amines) is 1. The van der Waals surface area contributed by atoms with Crippen LogP contribution in [0, 0.1) is 0 Å². The van der Waals surface area contributed by atoms with E-state index in [0.29, 0.717) is 18.3 Å². The van der Waals surface area contributed by atoms with Gasteiger partial charge in [0.2, 0.25) is 5.89 Å². The molecular formula is C11H17N3O4. The summed E-state index contributed by atoms with van der Waals surface area (Å²) in [7, 11) is 0. The van der Waals surface area contributed by atoms with Crippen molar-refractivity contribution in [3.8, 4) is 0 Å². The fraction of sp³-hybridized carbons (Fsp3) is 0.727. The molecule has 0 radical (unpaired) electrons. The Labute approximate surface area is 104 Å². The van der Waals surface area contributed by atoms with Gasteiger partial charge in [0.05, 0.1) is 12.6 Å². The maximum Gasteiger partial charge on any atom is 0.321 e. The van der Waals surface area contributed by atoms with Crippen molar-refractivity contribution in [3.05, 3.63) is 11.7 Å². The van der Waals surface area contributed by atoms with Gasteiger partial charge in [0.25, 0.3) is 0 Å². The van der Waals surface area contributed by atoms with Crippen LogP contribution in [0.15, 0.2) is 4.52 Å². The third kappa shape index (κ3) is 2.68. The van der Waals surface area contributed by atoms with E-state index in [2.05, 4.69) is 10.1 Å². The number of β-amino-alcohol motifs (C(OH)–C–C–N with tert-alkyl or cyclic N) is 1. The maximum absolute atomic E-state index is 11.0. The minimum absolute atomic E-state index is 0.168. The van der Waals surface area contributed by atoms with Gasteiger partial charge in [0.1, 0.15) is 6.04 Å². The number of rotatable bonds is 4. The van der Waals surface area contributed by atoms with E-state index >= 15 is 0 Å². The molecule has 0 saturated carbocycles. The first-order valence-electron chi connectivity index (χ1n) is 5.94. The average Bonchev–Trinajstić information content (AvgIpc) is 2.86. The highest BCUT2D eigenvalue weighted by molar-refractivity contribution is 5.73. The van der Waals surface area contributed by atoms with Gasteiger partial charge in [-0.25, -0.2) is 0 Å². The van der Waals surface area contributed by atoms with Crippen LogP contribution < -0.4 is 0 Å². The van der Waals surface area contributed by atoms with Gasteiger partial charge in [-0.3, -0.25) is 9.69 Å². The molecular weight excluding hydrogens is 238 g/mol. The molecule has 7 heteroatoms. The summed E-state index contributed by atoms with van der Waals surface area (Å²) in [5, 5.41) is 22.4. The lowest BCUT2D eigenvalue weighted by Gasteiger charge is -2.17. The van der Waals surface area contributed by atoms with Crippen LogP contribution >= 0.6 is 0 Å². The van der Waals surface area contributed by atoms with E-state index in [1.807, 2.05) is 13.8 Å². The molecule has 2 heterocycles.